The van der Waals surface area contributed by atoms with E-state index in [0.717, 1.165) is 13.0 Å². The Morgan fingerprint density at radius 3 is 2.67 bits per heavy atom. The average Bonchev–Trinajstić information content (AvgIpc) is 2.95. The molecule has 0 amide bonds. The number of nitrogens with zero attached hydrogens (tertiary/aromatic N) is 2. The number of hydrogen-bond acceptors (Lipinski definition) is 3. The second kappa shape index (κ2) is 7.73. The highest BCUT2D eigenvalue weighted by molar-refractivity contribution is 5.31. The van der Waals surface area contributed by atoms with Crippen molar-refractivity contribution < 1.29 is 13.5 Å². The van der Waals surface area contributed by atoms with Crippen LogP contribution in [0.2, 0.25) is 0 Å². The first kappa shape index (κ1) is 15.4. The minimum Gasteiger partial charge on any atom is -0.486 e. The van der Waals surface area contributed by atoms with Crippen molar-refractivity contribution in [1.29, 1.82) is 0 Å². The van der Waals surface area contributed by atoms with Crippen molar-refractivity contribution in [3.8, 4) is 5.75 Å². The number of ether oxygens (including phenoxy) is 1. The van der Waals surface area contributed by atoms with Gasteiger partial charge in [-0.3, -0.25) is 0 Å². The molecule has 0 aliphatic rings. The third-order valence-electron chi connectivity index (χ3n) is 2.97. The van der Waals surface area contributed by atoms with E-state index in [2.05, 4.69) is 10.3 Å². The number of hydrogen-bond donors (Lipinski definition) is 1. The van der Waals surface area contributed by atoms with Crippen LogP contribution < -0.4 is 10.1 Å². The zero-order valence-electron chi connectivity index (χ0n) is 12.0. The molecule has 0 fully saturated rings. The predicted octanol–water partition coefficient (Wildman–Crippen LogP) is 2.74. The summed E-state index contributed by atoms with van der Waals surface area (Å²) in [6.45, 7) is 3.95. The van der Waals surface area contributed by atoms with E-state index in [-0.39, 0.29) is 12.4 Å². The van der Waals surface area contributed by atoms with Gasteiger partial charge in [-0.2, -0.15) is 0 Å². The van der Waals surface area contributed by atoms with Crippen LogP contribution in [0.1, 0.15) is 18.9 Å². The molecule has 0 spiro atoms. The topological polar surface area (TPSA) is 39.1 Å². The molecule has 6 heteroatoms. The molecule has 4 nitrogen and oxygen atoms in total. The first-order valence-corrected chi connectivity index (χ1v) is 6.98. The second-order valence-corrected chi connectivity index (χ2v) is 4.71. The lowest BCUT2D eigenvalue weighted by molar-refractivity contribution is 0.269. The Hall–Kier alpha value is -1.95. The summed E-state index contributed by atoms with van der Waals surface area (Å²) in [6, 6.07) is 2.61. The van der Waals surface area contributed by atoms with Gasteiger partial charge in [-0.1, -0.05) is 6.92 Å². The van der Waals surface area contributed by atoms with E-state index in [1.165, 1.54) is 12.1 Å². The minimum absolute atomic E-state index is 0.178. The van der Waals surface area contributed by atoms with Crippen LogP contribution in [0.4, 0.5) is 8.78 Å². The van der Waals surface area contributed by atoms with Crippen LogP contribution >= 0.6 is 0 Å². The van der Waals surface area contributed by atoms with Crippen molar-refractivity contribution >= 4 is 0 Å². The smallest absolute Gasteiger partial charge is 0.190 e. The lowest BCUT2D eigenvalue weighted by Gasteiger charge is -2.11. The van der Waals surface area contributed by atoms with Crippen LogP contribution in [0, 0.1) is 11.6 Å². The number of rotatable bonds is 8. The highest BCUT2D eigenvalue weighted by Gasteiger charge is 2.12. The lowest BCUT2D eigenvalue weighted by Crippen LogP contribution is -2.14. The van der Waals surface area contributed by atoms with Gasteiger partial charge in [0.1, 0.15) is 6.61 Å². The first-order valence-electron chi connectivity index (χ1n) is 6.98. The Morgan fingerprint density at radius 1 is 1.29 bits per heavy atom. The molecule has 21 heavy (non-hydrogen) atoms. The summed E-state index contributed by atoms with van der Waals surface area (Å²) in [7, 11) is 0. The predicted molar refractivity (Wildman–Crippen MR) is 76.1 cm³/mol. The number of nitrogens with one attached hydrogen (secondary N) is 1. The van der Waals surface area contributed by atoms with E-state index < -0.39 is 11.6 Å². The molecule has 2 aromatic rings. The summed E-state index contributed by atoms with van der Waals surface area (Å²) in [5.41, 5.74) is 0.570. The van der Waals surface area contributed by atoms with E-state index in [1.807, 2.05) is 6.92 Å². The number of halogens is 2. The Balaban J connectivity index is 1.93. The highest BCUT2D eigenvalue weighted by Crippen LogP contribution is 2.23. The van der Waals surface area contributed by atoms with Gasteiger partial charge < -0.3 is 14.6 Å². The normalized spacial score (nSPS) is 10.8. The van der Waals surface area contributed by atoms with Crippen LogP contribution in [0.15, 0.2) is 30.9 Å². The SMILES string of the molecule is CCCNCc1cc(F)c(OCCn2ccnc2)c(F)c1. The molecule has 0 aliphatic heterocycles. The van der Waals surface area contributed by atoms with Crippen molar-refractivity contribution in [2.75, 3.05) is 13.2 Å². The van der Waals surface area contributed by atoms with E-state index in [0.29, 0.717) is 18.7 Å². The van der Waals surface area contributed by atoms with Gasteiger partial charge in [0.2, 0.25) is 0 Å². The Bertz CT molecular complexity index is 535. The quantitative estimate of drug-likeness (QED) is 0.761. The van der Waals surface area contributed by atoms with Gasteiger partial charge in [0.15, 0.2) is 17.4 Å². The van der Waals surface area contributed by atoms with Crippen molar-refractivity contribution in [1.82, 2.24) is 14.9 Å². The van der Waals surface area contributed by atoms with Crippen molar-refractivity contribution in [2.24, 2.45) is 0 Å². The maximum Gasteiger partial charge on any atom is 0.190 e. The van der Waals surface area contributed by atoms with Crippen LogP contribution in [-0.2, 0) is 13.1 Å². The summed E-state index contributed by atoms with van der Waals surface area (Å²) in [4.78, 5) is 3.88. The molecular weight excluding hydrogens is 276 g/mol. The number of imidazole rings is 1. The molecule has 1 N–H and O–H groups in total. The fraction of sp³-hybridized carbons (Fsp3) is 0.400. The summed E-state index contributed by atoms with van der Waals surface area (Å²) < 4.78 is 34.7. The second-order valence-electron chi connectivity index (χ2n) is 4.71. The third kappa shape index (κ3) is 4.53. The fourth-order valence-electron chi connectivity index (χ4n) is 1.93. The minimum atomic E-state index is -0.672. The molecule has 0 aliphatic carbocycles. The molecule has 0 radical (unpaired) electrons. The summed E-state index contributed by atoms with van der Waals surface area (Å²) >= 11 is 0. The van der Waals surface area contributed by atoms with E-state index in [1.54, 1.807) is 23.3 Å². The van der Waals surface area contributed by atoms with Crippen LogP contribution in [-0.4, -0.2) is 22.7 Å². The Kier molecular flexibility index (Phi) is 5.68. The molecule has 1 heterocycles. The third-order valence-corrected chi connectivity index (χ3v) is 2.97. The van der Waals surface area contributed by atoms with Gasteiger partial charge in [-0.25, -0.2) is 13.8 Å². The monoisotopic (exact) mass is 295 g/mol. The maximum absolute atomic E-state index is 13.9. The first-order chi connectivity index (χ1) is 10.2. The van der Waals surface area contributed by atoms with Gasteiger partial charge in [0, 0.05) is 18.9 Å². The van der Waals surface area contributed by atoms with Gasteiger partial charge in [-0.15, -0.1) is 0 Å². The van der Waals surface area contributed by atoms with E-state index >= 15 is 0 Å². The molecule has 1 aromatic carbocycles. The van der Waals surface area contributed by atoms with Crippen LogP contribution in [0.25, 0.3) is 0 Å². The molecule has 0 saturated heterocycles. The van der Waals surface area contributed by atoms with Crippen molar-refractivity contribution in [3.63, 3.8) is 0 Å². The zero-order chi connectivity index (χ0) is 15.1. The van der Waals surface area contributed by atoms with Gasteiger partial charge in [-0.05, 0) is 30.7 Å². The number of benzene rings is 1. The molecular formula is C15H19F2N3O. The largest absolute Gasteiger partial charge is 0.486 e. The van der Waals surface area contributed by atoms with Gasteiger partial charge >= 0.3 is 0 Å². The lowest BCUT2D eigenvalue weighted by atomic mass is 10.2. The average molecular weight is 295 g/mol. The van der Waals surface area contributed by atoms with E-state index in [4.69, 9.17) is 4.74 Å². The summed E-state index contributed by atoms with van der Waals surface area (Å²) in [5.74, 6) is -1.67. The molecule has 0 atom stereocenters. The molecule has 0 unspecified atom stereocenters. The van der Waals surface area contributed by atoms with Crippen molar-refractivity contribution in [2.45, 2.75) is 26.4 Å². The Labute approximate surface area is 122 Å². The Morgan fingerprint density at radius 2 is 2.05 bits per heavy atom. The van der Waals surface area contributed by atoms with Gasteiger partial charge in [0.05, 0.1) is 12.9 Å². The standard InChI is InChI=1S/C15H19F2N3O/c1-2-3-18-10-12-8-13(16)15(14(17)9-12)21-7-6-20-5-4-19-11-20/h4-5,8-9,11,18H,2-3,6-7,10H2,1H3. The summed E-state index contributed by atoms with van der Waals surface area (Å²) in [6.07, 6.45) is 6.00. The fourth-order valence-corrected chi connectivity index (χ4v) is 1.93. The molecule has 0 saturated carbocycles. The molecule has 0 bridgehead atoms. The van der Waals surface area contributed by atoms with Crippen molar-refractivity contribution in [3.05, 3.63) is 48.1 Å². The van der Waals surface area contributed by atoms with E-state index in [9.17, 15) is 8.78 Å². The maximum atomic E-state index is 13.9. The van der Waals surface area contributed by atoms with Gasteiger partial charge in [0.25, 0.3) is 0 Å². The van der Waals surface area contributed by atoms with Crippen LogP contribution in [0.5, 0.6) is 5.75 Å². The van der Waals surface area contributed by atoms with Crippen LogP contribution in [0.3, 0.4) is 0 Å². The molecule has 2 rings (SSSR count). The zero-order valence-corrected chi connectivity index (χ0v) is 12.0. The number of aromatic nitrogens is 2. The highest BCUT2D eigenvalue weighted by atomic mass is 19.1. The summed E-state index contributed by atoms with van der Waals surface area (Å²) in [5, 5.41) is 3.10. The molecule has 1 aromatic heterocycles. The molecule has 114 valence electrons.